The minimum Gasteiger partial charge on any atom is -0.347 e. The summed E-state index contributed by atoms with van der Waals surface area (Å²) < 4.78 is 40.7. The predicted octanol–water partition coefficient (Wildman–Crippen LogP) is 1.07. The van der Waals surface area contributed by atoms with Crippen LogP contribution in [0.15, 0.2) is 52.2 Å². The number of carbonyl (C=O) groups excluding carboxylic acids is 1. The van der Waals surface area contributed by atoms with Gasteiger partial charge in [-0.25, -0.2) is 4.68 Å². The molecule has 0 unspecified atom stereocenters. The molecular weight excluding hydrogens is 405 g/mol. The zero-order valence-corrected chi connectivity index (χ0v) is 15.1. The van der Waals surface area contributed by atoms with Gasteiger partial charge in [0, 0.05) is 6.20 Å². The summed E-state index contributed by atoms with van der Waals surface area (Å²) in [6, 6.07) is 8.23. The van der Waals surface area contributed by atoms with Gasteiger partial charge in [-0.05, 0) is 24.3 Å². The Bertz CT molecular complexity index is 1390. The van der Waals surface area contributed by atoms with Crippen LogP contribution in [-0.2, 0) is 24.1 Å². The Labute approximate surface area is 164 Å². The molecular formula is C18H13F3N6O3. The third-order valence-electron chi connectivity index (χ3n) is 4.43. The quantitative estimate of drug-likeness (QED) is 0.515. The van der Waals surface area contributed by atoms with E-state index in [4.69, 9.17) is 0 Å². The van der Waals surface area contributed by atoms with Gasteiger partial charge in [-0.3, -0.25) is 23.9 Å². The number of alkyl halides is 3. The van der Waals surface area contributed by atoms with Gasteiger partial charge >= 0.3 is 6.18 Å². The van der Waals surface area contributed by atoms with E-state index in [-0.39, 0.29) is 28.8 Å². The molecule has 9 nitrogen and oxygen atoms in total. The zero-order valence-electron chi connectivity index (χ0n) is 15.1. The Morgan fingerprint density at radius 3 is 2.53 bits per heavy atom. The largest absolute Gasteiger partial charge is 0.417 e. The van der Waals surface area contributed by atoms with Crippen LogP contribution >= 0.6 is 0 Å². The van der Waals surface area contributed by atoms with Gasteiger partial charge in [0.1, 0.15) is 6.54 Å². The molecule has 30 heavy (non-hydrogen) atoms. The number of nitrogens with zero attached hydrogens (tertiary/aromatic N) is 4. The van der Waals surface area contributed by atoms with Crippen molar-refractivity contribution in [3.8, 4) is 0 Å². The van der Waals surface area contributed by atoms with Crippen molar-refractivity contribution in [1.82, 2.24) is 29.7 Å². The van der Waals surface area contributed by atoms with Crippen molar-refractivity contribution < 1.29 is 18.0 Å². The molecule has 1 aromatic carbocycles. The Kier molecular flexibility index (Phi) is 4.60. The summed E-state index contributed by atoms with van der Waals surface area (Å²) in [5.74, 6) is -0.574. The summed E-state index contributed by atoms with van der Waals surface area (Å²) in [7, 11) is 0. The van der Waals surface area contributed by atoms with Crippen LogP contribution in [0.2, 0.25) is 0 Å². The first-order valence-corrected chi connectivity index (χ1v) is 8.63. The Hall–Kier alpha value is -3.96. The fourth-order valence-electron chi connectivity index (χ4n) is 2.96. The number of hydrogen-bond donors (Lipinski definition) is 2. The molecule has 12 heteroatoms. The second-order valence-corrected chi connectivity index (χ2v) is 6.41. The Morgan fingerprint density at radius 2 is 1.80 bits per heavy atom. The number of carbonyl (C=O) groups is 1. The van der Waals surface area contributed by atoms with E-state index in [1.54, 1.807) is 12.1 Å². The molecule has 0 atom stereocenters. The third kappa shape index (κ3) is 3.54. The molecule has 0 spiro atoms. The number of hydrogen-bond acceptors (Lipinski definition) is 5. The number of fused-ring (bicyclic) bond motifs is 2. The molecule has 4 rings (SSSR count). The monoisotopic (exact) mass is 418 g/mol. The maximum atomic E-state index is 12.9. The summed E-state index contributed by atoms with van der Waals surface area (Å²) in [6.07, 6.45) is -3.70. The SMILES string of the molecule is O=C(Cn1[nH]c(=O)c2ccccc2c1=O)NCc1nnc2ccc(C(F)(F)F)cn12. The summed E-state index contributed by atoms with van der Waals surface area (Å²) in [5, 5.41) is 12.7. The topological polar surface area (TPSA) is 114 Å². The van der Waals surface area contributed by atoms with Gasteiger partial charge in [0.25, 0.3) is 11.1 Å². The van der Waals surface area contributed by atoms with Crippen molar-refractivity contribution in [3.05, 3.63) is 74.7 Å². The lowest BCUT2D eigenvalue weighted by Gasteiger charge is -2.09. The van der Waals surface area contributed by atoms with E-state index >= 15 is 0 Å². The van der Waals surface area contributed by atoms with Gasteiger partial charge in [0.2, 0.25) is 5.91 Å². The molecule has 0 fully saturated rings. The van der Waals surface area contributed by atoms with Gasteiger partial charge in [-0.2, -0.15) is 13.2 Å². The second-order valence-electron chi connectivity index (χ2n) is 6.41. The van der Waals surface area contributed by atoms with Crippen molar-refractivity contribution in [2.24, 2.45) is 0 Å². The van der Waals surface area contributed by atoms with Crippen LogP contribution < -0.4 is 16.4 Å². The van der Waals surface area contributed by atoms with Gasteiger partial charge in [0.05, 0.1) is 22.9 Å². The number of rotatable bonds is 4. The third-order valence-corrected chi connectivity index (χ3v) is 4.43. The summed E-state index contributed by atoms with van der Waals surface area (Å²) in [4.78, 5) is 36.8. The summed E-state index contributed by atoms with van der Waals surface area (Å²) in [5.41, 5.74) is -1.78. The van der Waals surface area contributed by atoms with E-state index in [9.17, 15) is 27.6 Å². The van der Waals surface area contributed by atoms with Crippen LogP contribution in [0.25, 0.3) is 16.4 Å². The second kappa shape index (κ2) is 7.13. The van der Waals surface area contributed by atoms with E-state index in [0.717, 1.165) is 21.3 Å². The van der Waals surface area contributed by atoms with Crippen LogP contribution in [-0.4, -0.2) is 30.3 Å². The fraction of sp³-hybridized carbons (Fsp3) is 0.167. The first-order chi connectivity index (χ1) is 14.2. The van der Waals surface area contributed by atoms with Crippen LogP contribution in [0.3, 0.4) is 0 Å². The number of amides is 1. The number of aromatic nitrogens is 5. The van der Waals surface area contributed by atoms with Gasteiger partial charge < -0.3 is 5.32 Å². The molecule has 0 saturated heterocycles. The molecule has 154 valence electrons. The van der Waals surface area contributed by atoms with Crippen LogP contribution in [0.5, 0.6) is 0 Å². The molecule has 0 aliphatic carbocycles. The molecule has 0 radical (unpaired) electrons. The molecule has 3 aromatic heterocycles. The van der Waals surface area contributed by atoms with Crippen molar-refractivity contribution in [2.75, 3.05) is 0 Å². The Morgan fingerprint density at radius 1 is 1.07 bits per heavy atom. The molecule has 0 aliphatic rings. The molecule has 4 aromatic rings. The maximum Gasteiger partial charge on any atom is 0.417 e. The highest BCUT2D eigenvalue weighted by atomic mass is 19.4. The minimum atomic E-state index is -4.54. The normalized spacial score (nSPS) is 11.8. The molecule has 0 aliphatic heterocycles. The summed E-state index contributed by atoms with van der Waals surface area (Å²) >= 11 is 0. The van der Waals surface area contributed by atoms with E-state index in [1.807, 2.05) is 0 Å². The van der Waals surface area contributed by atoms with Gasteiger partial charge in [0.15, 0.2) is 11.5 Å². The number of halogens is 3. The lowest BCUT2D eigenvalue weighted by atomic mass is 10.2. The highest BCUT2D eigenvalue weighted by molar-refractivity contribution is 5.81. The van der Waals surface area contributed by atoms with Crippen molar-refractivity contribution in [1.29, 1.82) is 0 Å². The molecule has 0 bridgehead atoms. The maximum absolute atomic E-state index is 12.9. The fourth-order valence-corrected chi connectivity index (χ4v) is 2.96. The van der Waals surface area contributed by atoms with Crippen molar-refractivity contribution >= 4 is 22.3 Å². The number of aromatic amines is 1. The lowest BCUT2D eigenvalue weighted by Crippen LogP contribution is -2.36. The predicted molar refractivity (Wildman–Crippen MR) is 98.7 cm³/mol. The summed E-state index contributed by atoms with van der Waals surface area (Å²) in [6.45, 7) is -0.711. The highest BCUT2D eigenvalue weighted by Gasteiger charge is 2.31. The number of H-pyrrole nitrogens is 1. The number of nitrogens with one attached hydrogen (secondary N) is 2. The van der Waals surface area contributed by atoms with Crippen molar-refractivity contribution in [3.63, 3.8) is 0 Å². The molecule has 1 amide bonds. The zero-order chi connectivity index (χ0) is 21.5. The van der Waals surface area contributed by atoms with E-state index in [0.29, 0.717) is 0 Å². The van der Waals surface area contributed by atoms with Crippen molar-refractivity contribution in [2.45, 2.75) is 19.3 Å². The molecule has 2 N–H and O–H groups in total. The van der Waals surface area contributed by atoms with Gasteiger partial charge in [-0.15, -0.1) is 10.2 Å². The Balaban J connectivity index is 1.54. The van der Waals surface area contributed by atoms with E-state index in [2.05, 4.69) is 20.6 Å². The molecule has 3 heterocycles. The number of pyridine rings is 1. The van der Waals surface area contributed by atoms with Crippen LogP contribution in [0.1, 0.15) is 11.4 Å². The van der Waals surface area contributed by atoms with Crippen LogP contribution in [0, 0.1) is 0 Å². The first kappa shape index (κ1) is 19.4. The first-order valence-electron chi connectivity index (χ1n) is 8.63. The van der Waals surface area contributed by atoms with Crippen LogP contribution in [0.4, 0.5) is 13.2 Å². The standard InChI is InChI=1S/C18H13F3N6O3/c19-18(20,21)10-5-6-13-23-24-14(26(13)8-10)7-22-15(28)9-27-17(30)12-4-2-1-3-11(12)16(29)25-27/h1-6,8H,7,9H2,(H,22,28)(H,25,29). The lowest BCUT2D eigenvalue weighted by molar-refractivity contribution is -0.137. The highest BCUT2D eigenvalue weighted by Crippen LogP contribution is 2.29. The average molecular weight is 418 g/mol. The minimum absolute atomic E-state index is 0.0730. The van der Waals surface area contributed by atoms with E-state index in [1.165, 1.54) is 18.2 Å². The van der Waals surface area contributed by atoms with E-state index < -0.39 is 35.3 Å². The van der Waals surface area contributed by atoms with Gasteiger partial charge in [-0.1, -0.05) is 12.1 Å². The number of benzene rings is 1. The average Bonchev–Trinajstić information content (AvgIpc) is 3.12. The molecule has 0 saturated carbocycles. The smallest absolute Gasteiger partial charge is 0.347 e.